The molecule has 1 aromatic rings. The average molecular weight is 200 g/mol. The third kappa shape index (κ3) is 3.20. The molecule has 5 nitrogen and oxygen atoms in total. The van der Waals surface area contributed by atoms with Gasteiger partial charge in [-0.25, -0.2) is 4.98 Å². The highest BCUT2D eigenvalue weighted by atomic mass is 32.1. The van der Waals surface area contributed by atoms with Crippen LogP contribution in [0.2, 0.25) is 0 Å². The normalized spacial score (nSPS) is 11.3. The second-order valence-electron chi connectivity index (χ2n) is 2.24. The Morgan fingerprint density at radius 3 is 3.08 bits per heavy atom. The van der Waals surface area contributed by atoms with Crippen molar-refractivity contribution >= 4 is 23.2 Å². The minimum absolute atomic E-state index is 0.0431. The van der Waals surface area contributed by atoms with Gasteiger partial charge in [0.05, 0.1) is 17.6 Å². The molecular formula is C7H8N2O3S. The number of carbonyl (C=O) groups is 1. The van der Waals surface area contributed by atoms with Crippen LogP contribution in [0.25, 0.3) is 0 Å². The Kier molecular flexibility index (Phi) is 3.39. The van der Waals surface area contributed by atoms with Gasteiger partial charge >= 0.3 is 5.97 Å². The summed E-state index contributed by atoms with van der Waals surface area (Å²) in [7, 11) is 0. The molecule has 0 fully saturated rings. The molecule has 1 heterocycles. The Morgan fingerprint density at radius 2 is 2.62 bits per heavy atom. The van der Waals surface area contributed by atoms with Crippen molar-refractivity contribution in [1.29, 1.82) is 0 Å². The van der Waals surface area contributed by atoms with Gasteiger partial charge in [-0.05, 0) is 0 Å². The highest BCUT2D eigenvalue weighted by Crippen LogP contribution is 2.03. The summed E-state index contributed by atoms with van der Waals surface area (Å²) < 4.78 is 4.60. The number of esters is 1. The summed E-state index contributed by atoms with van der Waals surface area (Å²) >= 11 is 1.42. The Balaban J connectivity index is 2.56. The molecule has 0 aliphatic rings. The second-order valence-corrected chi connectivity index (χ2v) is 2.96. The van der Waals surface area contributed by atoms with Crippen LogP contribution in [0.1, 0.15) is 12.6 Å². The SMILES string of the molecule is CC(=O)OC(Cc1cscn1)=NO. The predicted molar refractivity (Wildman–Crippen MR) is 46.8 cm³/mol. The van der Waals surface area contributed by atoms with E-state index in [1.165, 1.54) is 18.3 Å². The monoisotopic (exact) mass is 200 g/mol. The fourth-order valence-electron chi connectivity index (χ4n) is 0.738. The molecule has 0 bridgehead atoms. The van der Waals surface area contributed by atoms with Gasteiger partial charge in [-0.3, -0.25) is 4.79 Å². The van der Waals surface area contributed by atoms with Gasteiger partial charge in [0.2, 0.25) is 5.90 Å². The van der Waals surface area contributed by atoms with Crippen LogP contribution in [-0.4, -0.2) is 22.1 Å². The molecule has 0 radical (unpaired) electrons. The number of hydrogen-bond acceptors (Lipinski definition) is 6. The Labute approximate surface area is 78.7 Å². The Morgan fingerprint density at radius 1 is 1.85 bits per heavy atom. The fraction of sp³-hybridized carbons (Fsp3) is 0.286. The van der Waals surface area contributed by atoms with Gasteiger partial charge in [0, 0.05) is 12.3 Å². The number of rotatable bonds is 2. The summed E-state index contributed by atoms with van der Waals surface area (Å²) in [4.78, 5) is 14.5. The van der Waals surface area contributed by atoms with E-state index < -0.39 is 5.97 Å². The van der Waals surface area contributed by atoms with Gasteiger partial charge in [0.25, 0.3) is 0 Å². The number of hydrogen-bond donors (Lipinski definition) is 1. The fourth-order valence-corrected chi connectivity index (χ4v) is 1.30. The molecule has 1 N–H and O–H groups in total. The van der Waals surface area contributed by atoms with Gasteiger partial charge in [0.1, 0.15) is 0 Å². The average Bonchev–Trinajstić information content (AvgIpc) is 2.55. The molecule has 13 heavy (non-hydrogen) atoms. The van der Waals surface area contributed by atoms with E-state index >= 15 is 0 Å². The number of oxime groups is 1. The lowest BCUT2D eigenvalue weighted by Crippen LogP contribution is -2.12. The van der Waals surface area contributed by atoms with Gasteiger partial charge in [-0.15, -0.1) is 11.3 Å². The van der Waals surface area contributed by atoms with E-state index in [2.05, 4.69) is 14.9 Å². The minimum Gasteiger partial charge on any atom is -0.408 e. The first-order valence-electron chi connectivity index (χ1n) is 3.48. The maximum absolute atomic E-state index is 10.5. The van der Waals surface area contributed by atoms with Crippen LogP contribution < -0.4 is 0 Å². The summed E-state index contributed by atoms with van der Waals surface area (Å²) in [5.41, 5.74) is 2.36. The molecule has 70 valence electrons. The molecule has 0 amide bonds. The summed E-state index contributed by atoms with van der Waals surface area (Å²) in [6.45, 7) is 1.24. The van der Waals surface area contributed by atoms with Crippen LogP contribution >= 0.6 is 11.3 Å². The lowest BCUT2D eigenvalue weighted by molar-refractivity contribution is -0.133. The van der Waals surface area contributed by atoms with Gasteiger partial charge in [0.15, 0.2) is 0 Å². The molecule has 0 saturated carbocycles. The maximum Gasteiger partial charge on any atom is 0.309 e. The third-order valence-electron chi connectivity index (χ3n) is 1.19. The van der Waals surface area contributed by atoms with Crippen molar-refractivity contribution in [2.75, 3.05) is 0 Å². The molecule has 0 aliphatic carbocycles. The van der Waals surface area contributed by atoms with Crippen LogP contribution in [-0.2, 0) is 16.0 Å². The lowest BCUT2D eigenvalue weighted by atomic mass is 10.3. The third-order valence-corrected chi connectivity index (χ3v) is 1.82. The van der Waals surface area contributed by atoms with E-state index in [9.17, 15) is 4.79 Å². The first-order chi connectivity index (χ1) is 6.22. The Hall–Kier alpha value is -1.43. The van der Waals surface area contributed by atoms with E-state index in [1.54, 1.807) is 10.9 Å². The zero-order chi connectivity index (χ0) is 9.68. The topological polar surface area (TPSA) is 71.8 Å². The Bertz CT molecular complexity index is 308. The zero-order valence-electron chi connectivity index (χ0n) is 6.93. The van der Waals surface area contributed by atoms with Crippen molar-refractivity contribution in [2.24, 2.45) is 5.16 Å². The van der Waals surface area contributed by atoms with Crippen molar-refractivity contribution in [3.8, 4) is 0 Å². The van der Waals surface area contributed by atoms with Crippen molar-refractivity contribution in [2.45, 2.75) is 13.3 Å². The number of thiazole rings is 1. The van der Waals surface area contributed by atoms with Crippen molar-refractivity contribution in [3.63, 3.8) is 0 Å². The van der Waals surface area contributed by atoms with Gasteiger partial charge in [-0.2, -0.15) is 0 Å². The predicted octanol–water partition coefficient (Wildman–Crippen LogP) is 1.04. The van der Waals surface area contributed by atoms with Gasteiger partial charge < -0.3 is 9.94 Å². The first kappa shape index (κ1) is 9.66. The van der Waals surface area contributed by atoms with Crippen LogP contribution in [0, 0.1) is 0 Å². The number of carbonyl (C=O) groups excluding carboxylic acids is 1. The molecule has 6 heteroatoms. The smallest absolute Gasteiger partial charge is 0.309 e. The zero-order valence-corrected chi connectivity index (χ0v) is 7.74. The van der Waals surface area contributed by atoms with Crippen LogP contribution in [0.15, 0.2) is 16.0 Å². The molecule has 0 unspecified atom stereocenters. The second kappa shape index (κ2) is 4.56. The number of ether oxygens (including phenoxy) is 1. The van der Waals surface area contributed by atoms with Crippen LogP contribution in [0.3, 0.4) is 0 Å². The molecule has 0 spiro atoms. The number of aromatic nitrogens is 1. The molecule has 0 aliphatic heterocycles. The standard InChI is InChI=1S/C7H8N2O3S/c1-5(10)12-7(9-11)2-6-3-13-4-8-6/h3-4,11H,2H2,1H3. The minimum atomic E-state index is -0.511. The molecule has 0 aromatic carbocycles. The largest absolute Gasteiger partial charge is 0.408 e. The summed E-state index contributed by atoms with van der Waals surface area (Å²) in [6, 6.07) is 0. The first-order valence-corrected chi connectivity index (χ1v) is 4.43. The van der Waals surface area contributed by atoms with E-state index in [0.717, 1.165) is 0 Å². The van der Waals surface area contributed by atoms with Crippen molar-refractivity contribution in [1.82, 2.24) is 4.98 Å². The molecule has 0 saturated heterocycles. The molecule has 0 atom stereocenters. The lowest BCUT2D eigenvalue weighted by Gasteiger charge is -2.00. The van der Waals surface area contributed by atoms with Crippen LogP contribution in [0.5, 0.6) is 0 Å². The molecule has 1 rings (SSSR count). The van der Waals surface area contributed by atoms with E-state index in [1.807, 2.05) is 0 Å². The number of nitrogens with zero attached hydrogens (tertiary/aromatic N) is 2. The van der Waals surface area contributed by atoms with E-state index in [0.29, 0.717) is 5.69 Å². The van der Waals surface area contributed by atoms with E-state index in [4.69, 9.17) is 5.21 Å². The van der Waals surface area contributed by atoms with Crippen LogP contribution in [0.4, 0.5) is 0 Å². The highest BCUT2D eigenvalue weighted by Gasteiger charge is 2.07. The summed E-state index contributed by atoms with van der Waals surface area (Å²) in [6.07, 6.45) is 0.222. The quantitative estimate of drug-likeness (QED) is 0.254. The van der Waals surface area contributed by atoms with Gasteiger partial charge in [-0.1, -0.05) is 5.16 Å². The molecule has 1 aromatic heterocycles. The van der Waals surface area contributed by atoms with E-state index in [-0.39, 0.29) is 12.3 Å². The van der Waals surface area contributed by atoms with Crippen molar-refractivity contribution in [3.05, 3.63) is 16.6 Å². The molecular weight excluding hydrogens is 192 g/mol. The highest BCUT2D eigenvalue weighted by molar-refractivity contribution is 7.07. The van der Waals surface area contributed by atoms with Crippen molar-refractivity contribution < 1.29 is 14.7 Å². The summed E-state index contributed by atoms with van der Waals surface area (Å²) in [5.74, 6) is -0.554. The summed E-state index contributed by atoms with van der Waals surface area (Å²) in [5, 5.41) is 13.1. The maximum atomic E-state index is 10.5.